The maximum Gasteiger partial charge on any atom is 0.237 e. The average Bonchev–Trinajstić information content (AvgIpc) is 2.36. The molecule has 5 nitrogen and oxygen atoms in total. The fourth-order valence-corrected chi connectivity index (χ4v) is 3.04. The molecule has 130 valence electrons. The number of ether oxygens (including phenoxy) is 2. The lowest BCUT2D eigenvalue weighted by Crippen LogP contribution is -2.57. The molecule has 1 N–H and O–H groups in total. The van der Waals surface area contributed by atoms with Gasteiger partial charge in [0.05, 0.1) is 24.4 Å². The number of amides is 1. The number of rotatable bonds is 8. The molecule has 0 bridgehead atoms. The van der Waals surface area contributed by atoms with Gasteiger partial charge in [-0.25, -0.2) is 0 Å². The SMILES string of the molecule is CC(C)OCCCNC(=O)C(C(C)C)N1CC(C)OC(C)C1. The molecule has 0 aromatic heterocycles. The number of morpholine rings is 1. The highest BCUT2D eigenvalue weighted by molar-refractivity contribution is 5.82. The molecule has 0 spiro atoms. The van der Waals surface area contributed by atoms with Crippen LogP contribution in [0.5, 0.6) is 0 Å². The zero-order valence-electron chi connectivity index (χ0n) is 15.1. The highest BCUT2D eigenvalue weighted by atomic mass is 16.5. The summed E-state index contributed by atoms with van der Waals surface area (Å²) in [4.78, 5) is 14.8. The van der Waals surface area contributed by atoms with Gasteiger partial charge in [-0.1, -0.05) is 13.8 Å². The number of carbonyl (C=O) groups excluding carboxylic acids is 1. The number of nitrogens with zero attached hydrogens (tertiary/aromatic N) is 1. The number of hydrogen-bond acceptors (Lipinski definition) is 4. The van der Waals surface area contributed by atoms with Crippen LogP contribution in [0.2, 0.25) is 0 Å². The Morgan fingerprint density at radius 1 is 1.23 bits per heavy atom. The average molecular weight is 314 g/mol. The summed E-state index contributed by atoms with van der Waals surface area (Å²) in [6.07, 6.45) is 1.45. The van der Waals surface area contributed by atoms with Crippen molar-refractivity contribution in [2.45, 2.75) is 72.3 Å². The molecule has 0 radical (unpaired) electrons. The molecule has 3 unspecified atom stereocenters. The second-order valence-electron chi connectivity index (χ2n) is 6.96. The van der Waals surface area contributed by atoms with Crippen molar-refractivity contribution in [1.29, 1.82) is 0 Å². The van der Waals surface area contributed by atoms with E-state index in [9.17, 15) is 4.79 Å². The molecule has 1 saturated heterocycles. The Balaban J connectivity index is 2.46. The zero-order chi connectivity index (χ0) is 16.7. The van der Waals surface area contributed by atoms with E-state index in [4.69, 9.17) is 9.47 Å². The minimum Gasteiger partial charge on any atom is -0.379 e. The third-order valence-corrected chi connectivity index (χ3v) is 3.81. The summed E-state index contributed by atoms with van der Waals surface area (Å²) < 4.78 is 11.3. The molecule has 0 aromatic rings. The molecule has 1 aliphatic rings. The molecule has 0 aliphatic carbocycles. The summed E-state index contributed by atoms with van der Waals surface area (Å²) in [6.45, 7) is 15.4. The van der Waals surface area contributed by atoms with Crippen molar-refractivity contribution in [2.24, 2.45) is 5.92 Å². The molecule has 5 heteroatoms. The monoisotopic (exact) mass is 314 g/mol. The van der Waals surface area contributed by atoms with E-state index < -0.39 is 0 Å². The lowest BCUT2D eigenvalue weighted by atomic mass is 9.99. The van der Waals surface area contributed by atoms with Crippen LogP contribution in [0.15, 0.2) is 0 Å². The van der Waals surface area contributed by atoms with Crippen LogP contribution in [0.4, 0.5) is 0 Å². The second kappa shape index (κ2) is 9.48. The van der Waals surface area contributed by atoms with Crippen molar-refractivity contribution in [3.63, 3.8) is 0 Å². The van der Waals surface area contributed by atoms with Crippen LogP contribution < -0.4 is 5.32 Å². The standard InChI is InChI=1S/C17H34N2O3/c1-12(2)16(19-10-14(5)22-15(6)11-19)17(20)18-8-7-9-21-13(3)4/h12-16H,7-11H2,1-6H3,(H,18,20). The van der Waals surface area contributed by atoms with E-state index in [0.29, 0.717) is 13.2 Å². The third-order valence-electron chi connectivity index (χ3n) is 3.81. The van der Waals surface area contributed by atoms with Gasteiger partial charge < -0.3 is 14.8 Å². The zero-order valence-corrected chi connectivity index (χ0v) is 15.1. The molecule has 0 aromatic carbocycles. The maximum absolute atomic E-state index is 12.6. The second-order valence-corrected chi connectivity index (χ2v) is 6.96. The van der Waals surface area contributed by atoms with E-state index in [1.54, 1.807) is 0 Å². The topological polar surface area (TPSA) is 50.8 Å². The molecule has 1 rings (SSSR count). The molecule has 1 fully saturated rings. The first kappa shape index (κ1) is 19.4. The van der Waals surface area contributed by atoms with E-state index in [0.717, 1.165) is 19.5 Å². The van der Waals surface area contributed by atoms with E-state index in [1.807, 2.05) is 13.8 Å². The van der Waals surface area contributed by atoms with Crippen LogP contribution in [-0.4, -0.2) is 61.4 Å². The van der Waals surface area contributed by atoms with Gasteiger partial charge in [0.15, 0.2) is 0 Å². The fourth-order valence-electron chi connectivity index (χ4n) is 3.04. The minimum atomic E-state index is -0.0835. The first-order chi connectivity index (χ1) is 10.3. The van der Waals surface area contributed by atoms with Crippen molar-refractivity contribution in [1.82, 2.24) is 10.2 Å². The quantitative estimate of drug-likeness (QED) is 0.697. The lowest BCUT2D eigenvalue weighted by molar-refractivity contribution is -0.135. The predicted molar refractivity (Wildman–Crippen MR) is 88.9 cm³/mol. The Kier molecular flexibility index (Phi) is 8.36. The van der Waals surface area contributed by atoms with Crippen molar-refractivity contribution < 1.29 is 14.3 Å². The summed E-state index contributed by atoms with van der Waals surface area (Å²) in [7, 11) is 0. The van der Waals surface area contributed by atoms with Crippen molar-refractivity contribution >= 4 is 5.91 Å². The van der Waals surface area contributed by atoms with Crippen molar-refractivity contribution in [3.05, 3.63) is 0 Å². The molecule has 0 saturated carbocycles. The molecule has 22 heavy (non-hydrogen) atoms. The first-order valence-electron chi connectivity index (χ1n) is 8.60. The Morgan fingerprint density at radius 3 is 2.32 bits per heavy atom. The molecule has 1 aliphatic heterocycles. The van der Waals surface area contributed by atoms with Gasteiger partial charge in [-0.3, -0.25) is 9.69 Å². The molecule has 1 heterocycles. The number of carbonyl (C=O) groups is 1. The summed E-state index contributed by atoms with van der Waals surface area (Å²) in [6, 6.07) is -0.0835. The van der Waals surface area contributed by atoms with Gasteiger partial charge in [0.1, 0.15) is 0 Å². The molecular weight excluding hydrogens is 280 g/mol. The summed E-state index contributed by atoms with van der Waals surface area (Å²) in [5.41, 5.74) is 0. The van der Waals surface area contributed by atoms with Gasteiger partial charge in [0.25, 0.3) is 0 Å². The lowest BCUT2D eigenvalue weighted by Gasteiger charge is -2.41. The van der Waals surface area contributed by atoms with Gasteiger partial charge in [-0.2, -0.15) is 0 Å². The summed E-state index contributed by atoms with van der Waals surface area (Å²) in [5.74, 6) is 0.408. The van der Waals surface area contributed by atoms with Crippen molar-refractivity contribution in [2.75, 3.05) is 26.2 Å². The number of hydrogen-bond donors (Lipinski definition) is 1. The van der Waals surface area contributed by atoms with Gasteiger partial charge in [-0.15, -0.1) is 0 Å². The van der Waals surface area contributed by atoms with Gasteiger partial charge >= 0.3 is 0 Å². The largest absolute Gasteiger partial charge is 0.379 e. The number of nitrogens with one attached hydrogen (secondary N) is 1. The Hall–Kier alpha value is -0.650. The highest BCUT2D eigenvalue weighted by Crippen LogP contribution is 2.18. The molecule has 3 atom stereocenters. The van der Waals surface area contributed by atoms with Crippen LogP contribution in [0.1, 0.15) is 48.0 Å². The van der Waals surface area contributed by atoms with Crippen LogP contribution in [0, 0.1) is 5.92 Å². The summed E-state index contributed by atoms with van der Waals surface area (Å²) >= 11 is 0. The fraction of sp³-hybridized carbons (Fsp3) is 0.941. The van der Waals surface area contributed by atoms with E-state index in [1.165, 1.54) is 0 Å². The van der Waals surface area contributed by atoms with Crippen LogP contribution in [0.3, 0.4) is 0 Å². The van der Waals surface area contributed by atoms with Gasteiger partial charge in [-0.05, 0) is 40.0 Å². The Labute approximate surface area is 135 Å². The molecule has 1 amide bonds. The van der Waals surface area contributed by atoms with Crippen LogP contribution in [0.25, 0.3) is 0 Å². The first-order valence-corrected chi connectivity index (χ1v) is 8.60. The predicted octanol–water partition coefficient (Wildman–Crippen LogP) is 2.05. The Bertz CT molecular complexity index is 324. The smallest absolute Gasteiger partial charge is 0.237 e. The van der Waals surface area contributed by atoms with E-state index >= 15 is 0 Å². The van der Waals surface area contributed by atoms with Crippen LogP contribution >= 0.6 is 0 Å². The maximum atomic E-state index is 12.6. The third kappa shape index (κ3) is 6.63. The highest BCUT2D eigenvalue weighted by Gasteiger charge is 2.33. The summed E-state index contributed by atoms with van der Waals surface area (Å²) in [5, 5.41) is 3.06. The van der Waals surface area contributed by atoms with Gasteiger partial charge in [0.2, 0.25) is 5.91 Å². The van der Waals surface area contributed by atoms with E-state index in [-0.39, 0.29) is 36.2 Å². The van der Waals surface area contributed by atoms with Crippen LogP contribution in [-0.2, 0) is 14.3 Å². The van der Waals surface area contributed by atoms with Crippen molar-refractivity contribution in [3.8, 4) is 0 Å². The normalized spacial score (nSPS) is 24.7. The van der Waals surface area contributed by atoms with Gasteiger partial charge in [0, 0.05) is 26.2 Å². The van der Waals surface area contributed by atoms with E-state index in [2.05, 4.69) is 37.9 Å². The Morgan fingerprint density at radius 2 is 1.82 bits per heavy atom. The molecular formula is C17H34N2O3. The minimum absolute atomic E-state index is 0.0835.